The Hall–Kier alpha value is -8.50. The normalized spacial score (nSPS) is 11.6. The summed E-state index contributed by atoms with van der Waals surface area (Å²) >= 11 is 1.88. The summed E-state index contributed by atoms with van der Waals surface area (Å²) in [6, 6.07) is 90.1. The number of hydrogen-bond acceptors (Lipinski definition) is 3. The van der Waals surface area contributed by atoms with E-state index >= 15 is 0 Å². The smallest absolute Gasteiger partial charge is 0.137 e. The maximum atomic E-state index is 6.78. The van der Waals surface area contributed by atoms with E-state index in [4.69, 9.17) is 4.42 Å². The van der Waals surface area contributed by atoms with Gasteiger partial charge in [-0.3, -0.25) is 0 Å². The van der Waals surface area contributed by atoms with E-state index in [1.807, 2.05) is 11.3 Å². The minimum absolute atomic E-state index is 0.851. The molecule has 0 fully saturated rings. The Kier molecular flexibility index (Phi) is 9.40. The van der Waals surface area contributed by atoms with E-state index in [2.05, 4.69) is 254 Å². The Morgan fingerprint density at radius 3 is 1.57 bits per heavy atom. The molecular weight excluding hydrogens is 831 g/mol. The Morgan fingerprint density at radius 1 is 0.313 bits per heavy atom. The van der Waals surface area contributed by atoms with E-state index in [-0.39, 0.29) is 0 Å². The fourth-order valence-electron chi connectivity index (χ4n) is 10.0. The van der Waals surface area contributed by atoms with Crippen LogP contribution in [0.25, 0.3) is 109 Å². The maximum Gasteiger partial charge on any atom is 0.137 e. The van der Waals surface area contributed by atoms with E-state index in [9.17, 15) is 0 Å². The molecule has 67 heavy (non-hydrogen) atoms. The van der Waals surface area contributed by atoms with Gasteiger partial charge in [-0.1, -0.05) is 194 Å². The third-order valence-corrected chi connectivity index (χ3v) is 14.5. The van der Waals surface area contributed by atoms with E-state index < -0.39 is 0 Å². The Balaban J connectivity index is 1.04. The molecule has 0 aliphatic rings. The zero-order valence-corrected chi connectivity index (χ0v) is 37.3. The van der Waals surface area contributed by atoms with Gasteiger partial charge in [0.25, 0.3) is 0 Å². The van der Waals surface area contributed by atoms with Crippen LogP contribution in [0, 0.1) is 0 Å². The molecule has 0 bridgehead atoms. The molecule has 0 spiro atoms. The molecular formula is C64H41NOS. The summed E-state index contributed by atoms with van der Waals surface area (Å²) < 4.78 is 9.29. The molecule has 11 aromatic carbocycles. The average Bonchev–Trinajstić information content (AvgIpc) is 3.98. The largest absolute Gasteiger partial charge is 0.456 e. The molecule has 0 aliphatic carbocycles. The average molecular weight is 872 g/mol. The van der Waals surface area contributed by atoms with Crippen LogP contribution >= 0.6 is 11.3 Å². The monoisotopic (exact) mass is 871 g/mol. The third kappa shape index (κ3) is 6.79. The van der Waals surface area contributed by atoms with Crippen LogP contribution in [0.2, 0.25) is 0 Å². The second-order valence-electron chi connectivity index (χ2n) is 17.2. The summed E-state index contributed by atoms with van der Waals surface area (Å²) in [5.41, 5.74) is 16.9. The van der Waals surface area contributed by atoms with Crippen LogP contribution in [0.4, 0.5) is 17.1 Å². The molecule has 314 valence electrons. The minimum Gasteiger partial charge on any atom is -0.456 e. The number of fused-ring (bicyclic) bond motifs is 7. The lowest BCUT2D eigenvalue weighted by molar-refractivity contribution is 0.669. The number of nitrogens with zero attached hydrogens (tertiary/aromatic N) is 1. The molecule has 3 heteroatoms. The van der Waals surface area contributed by atoms with Crippen LogP contribution in [-0.2, 0) is 0 Å². The van der Waals surface area contributed by atoms with Gasteiger partial charge >= 0.3 is 0 Å². The molecule has 0 radical (unpaired) electrons. The van der Waals surface area contributed by atoms with Gasteiger partial charge in [0.15, 0.2) is 0 Å². The van der Waals surface area contributed by atoms with Gasteiger partial charge in [-0.25, -0.2) is 0 Å². The second-order valence-corrected chi connectivity index (χ2v) is 18.3. The fourth-order valence-corrected chi connectivity index (χ4v) is 11.3. The zero-order valence-electron chi connectivity index (χ0n) is 36.4. The van der Waals surface area contributed by atoms with Gasteiger partial charge in [0.1, 0.15) is 11.2 Å². The van der Waals surface area contributed by atoms with Crippen molar-refractivity contribution in [3.63, 3.8) is 0 Å². The molecule has 0 N–H and O–H groups in total. The molecule has 2 heterocycles. The molecule has 13 rings (SSSR count). The van der Waals surface area contributed by atoms with Gasteiger partial charge in [-0.2, -0.15) is 0 Å². The number of furan rings is 1. The van der Waals surface area contributed by atoms with Crippen molar-refractivity contribution in [1.82, 2.24) is 0 Å². The number of rotatable bonds is 8. The van der Waals surface area contributed by atoms with Crippen LogP contribution in [0.15, 0.2) is 253 Å². The van der Waals surface area contributed by atoms with Gasteiger partial charge in [0, 0.05) is 31.2 Å². The van der Waals surface area contributed by atoms with Crippen LogP contribution in [0.5, 0.6) is 0 Å². The molecule has 2 aromatic heterocycles. The molecule has 0 atom stereocenters. The Morgan fingerprint density at radius 2 is 0.866 bits per heavy atom. The van der Waals surface area contributed by atoms with Gasteiger partial charge < -0.3 is 9.32 Å². The number of thiophene rings is 1. The molecule has 0 saturated carbocycles. The number of benzene rings is 11. The highest BCUT2D eigenvalue weighted by atomic mass is 32.1. The molecule has 0 amide bonds. The lowest BCUT2D eigenvalue weighted by Gasteiger charge is -2.28. The lowest BCUT2D eigenvalue weighted by atomic mass is 9.94. The molecule has 2 nitrogen and oxygen atoms in total. The second kappa shape index (κ2) is 16.2. The quantitative estimate of drug-likeness (QED) is 0.151. The SMILES string of the molecule is c1ccc(-c2ccc3c(c2)oc2cccc(N(c4ccc(-c5ccc6cccc(-c7ccccc7)c6c5)cc4)c4ccc(-c5ccccc5)c5sc6cc(-c7ccccc7)ccc6c45)c23)cc1. The Labute approximate surface area is 392 Å². The van der Waals surface area contributed by atoms with Crippen LogP contribution in [0.1, 0.15) is 0 Å². The first kappa shape index (κ1) is 38.9. The summed E-state index contributed by atoms with van der Waals surface area (Å²) in [5.74, 6) is 0. The topological polar surface area (TPSA) is 16.4 Å². The van der Waals surface area contributed by atoms with Crippen molar-refractivity contribution in [3.8, 4) is 55.6 Å². The van der Waals surface area contributed by atoms with E-state index in [1.54, 1.807) is 0 Å². The van der Waals surface area contributed by atoms with Crippen LogP contribution in [0.3, 0.4) is 0 Å². The van der Waals surface area contributed by atoms with E-state index in [0.717, 1.165) is 55.7 Å². The van der Waals surface area contributed by atoms with Crippen molar-refractivity contribution in [2.24, 2.45) is 0 Å². The predicted octanol–water partition coefficient (Wildman–Crippen LogP) is 18.9. The third-order valence-electron chi connectivity index (χ3n) is 13.3. The predicted molar refractivity (Wildman–Crippen MR) is 286 cm³/mol. The summed E-state index contributed by atoms with van der Waals surface area (Å²) in [4.78, 5) is 2.47. The fraction of sp³-hybridized carbons (Fsp3) is 0. The van der Waals surface area contributed by atoms with Gasteiger partial charge in [-0.05, 0) is 121 Å². The highest BCUT2D eigenvalue weighted by Crippen LogP contribution is 2.51. The van der Waals surface area contributed by atoms with Crippen LogP contribution < -0.4 is 4.90 Å². The first-order chi connectivity index (χ1) is 33.2. The Bertz CT molecular complexity index is 3950. The van der Waals surface area contributed by atoms with Crippen LogP contribution in [-0.4, -0.2) is 0 Å². The van der Waals surface area contributed by atoms with Crippen molar-refractivity contribution in [2.45, 2.75) is 0 Å². The van der Waals surface area contributed by atoms with Gasteiger partial charge in [0.2, 0.25) is 0 Å². The molecule has 0 aliphatic heterocycles. The van der Waals surface area contributed by atoms with Crippen molar-refractivity contribution in [1.29, 1.82) is 0 Å². The van der Waals surface area contributed by atoms with Gasteiger partial charge in [0.05, 0.1) is 16.8 Å². The highest BCUT2D eigenvalue weighted by Gasteiger charge is 2.25. The summed E-state index contributed by atoms with van der Waals surface area (Å²) in [5, 5.41) is 7.09. The standard InChI is InChI=1S/C64H41NOS/c1-5-15-42(16-6-1)49-31-35-54-60(40-49)66-59-26-14-25-57(62(54)59)65(51-33-29-44(30-34-51)48-28-27-47-23-13-24-52(56(47)39-48)45-19-9-3-10-20-45)58-38-37-53(46-21-11-4-12-22-46)64-63(58)55-36-32-50(41-61(55)67-64)43-17-7-2-8-18-43/h1-41H. The molecule has 0 saturated heterocycles. The van der Waals surface area contributed by atoms with Gasteiger partial charge in [-0.15, -0.1) is 11.3 Å². The number of anilines is 3. The lowest BCUT2D eigenvalue weighted by Crippen LogP contribution is -2.11. The maximum absolute atomic E-state index is 6.78. The first-order valence-electron chi connectivity index (χ1n) is 22.8. The number of hydrogen-bond donors (Lipinski definition) is 0. The van der Waals surface area contributed by atoms with Crippen molar-refractivity contribution >= 4 is 81.3 Å². The van der Waals surface area contributed by atoms with Crippen molar-refractivity contribution < 1.29 is 4.42 Å². The summed E-state index contributed by atoms with van der Waals surface area (Å²) in [6.07, 6.45) is 0. The summed E-state index contributed by atoms with van der Waals surface area (Å²) in [6.45, 7) is 0. The first-order valence-corrected chi connectivity index (χ1v) is 23.6. The molecule has 13 aromatic rings. The van der Waals surface area contributed by atoms with E-state index in [1.165, 1.54) is 69.9 Å². The van der Waals surface area contributed by atoms with Crippen molar-refractivity contribution in [2.75, 3.05) is 4.90 Å². The minimum atomic E-state index is 0.851. The van der Waals surface area contributed by atoms with E-state index in [0.29, 0.717) is 0 Å². The van der Waals surface area contributed by atoms with Crippen molar-refractivity contribution in [3.05, 3.63) is 249 Å². The molecule has 0 unspecified atom stereocenters. The highest BCUT2D eigenvalue weighted by molar-refractivity contribution is 7.26. The zero-order chi connectivity index (χ0) is 44.3. The summed E-state index contributed by atoms with van der Waals surface area (Å²) in [7, 11) is 0.